The van der Waals surface area contributed by atoms with Crippen molar-refractivity contribution in [2.45, 2.75) is 18.6 Å². The number of halogens is 3. The SMILES string of the molecule is CN[C@@H]1CCN(c2cc(-c3cn[nH]c3C(F)(F)F)nc(N)n2)C1. The molecule has 0 amide bonds. The molecule has 2 aromatic rings. The van der Waals surface area contributed by atoms with Crippen molar-refractivity contribution < 1.29 is 13.2 Å². The van der Waals surface area contributed by atoms with Gasteiger partial charge in [-0.15, -0.1) is 0 Å². The number of nitrogens with one attached hydrogen (secondary N) is 2. The number of nitrogens with two attached hydrogens (primary N) is 1. The van der Waals surface area contributed by atoms with E-state index in [0.29, 0.717) is 18.4 Å². The van der Waals surface area contributed by atoms with E-state index in [1.165, 1.54) is 6.07 Å². The molecule has 0 saturated carbocycles. The average molecular weight is 327 g/mol. The van der Waals surface area contributed by atoms with Gasteiger partial charge in [0, 0.05) is 25.2 Å². The van der Waals surface area contributed by atoms with Gasteiger partial charge in [0.05, 0.1) is 17.5 Å². The number of alkyl halides is 3. The zero-order valence-electron chi connectivity index (χ0n) is 12.4. The average Bonchev–Trinajstić information content (AvgIpc) is 3.15. The van der Waals surface area contributed by atoms with Gasteiger partial charge < -0.3 is 16.0 Å². The minimum atomic E-state index is -4.55. The number of nitrogen functional groups attached to an aromatic ring is 1. The predicted molar refractivity (Wildman–Crippen MR) is 78.7 cm³/mol. The van der Waals surface area contributed by atoms with E-state index in [-0.39, 0.29) is 17.2 Å². The quantitative estimate of drug-likeness (QED) is 0.786. The monoisotopic (exact) mass is 327 g/mol. The van der Waals surface area contributed by atoms with Crippen molar-refractivity contribution in [2.75, 3.05) is 30.8 Å². The standard InChI is InChI=1S/C13H16F3N7/c1-18-7-2-3-23(6-7)10-4-9(20-12(17)21-10)8-5-19-22-11(8)13(14,15)16/h4-5,7,18H,2-3,6H2,1H3,(H,19,22)(H2,17,20,21)/t7-/m1/s1. The normalized spacial score (nSPS) is 18.6. The summed E-state index contributed by atoms with van der Waals surface area (Å²) in [5.74, 6) is 0.444. The highest BCUT2D eigenvalue weighted by molar-refractivity contribution is 5.66. The molecule has 1 saturated heterocycles. The third-order valence-electron chi connectivity index (χ3n) is 3.85. The fourth-order valence-electron chi connectivity index (χ4n) is 2.65. The van der Waals surface area contributed by atoms with Gasteiger partial charge in [-0.05, 0) is 13.5 Å². The lowest BCUT2D eigenvalue weighted by Gasteiger charge is -2.18. The first kappa shape index (κ1) is 15.5. The Kier molecular flexibility index (Phi) is 3.84. The lowest BCUT2D eigenvalue weighted by atomic mass is 10.1. The van der Waals surface area contributed by atoms with E-state index in [4.69, 9.17) is 5.73 Å². The van der Waals surface area contributed by atoms with Crippen molar-refractivity contribution in [2.24, 2.45) is 0 Å². The molecule has 0 unspecified atom stereocenters. The van der Waals surface area contributed by atoms with Gasteiger partial charge >= 0.3 is 6.18 Å². The molecule has 0 aliphatic carbocycles. The molecule has 124 valence electrons. The number of anilines is 2. The molecule has 1 aliphatic heterocycles. The van der Waals surface area contributed by atoms with E-state index in [1.807, 2.05) is 17.0 Å². The van der Waals surface area contributed by atoms with Crippen LogP contribution in [-0.2, 0) is 6.18 Å². The highest BCUT2D eigenvalue weighted by Crippen LogP contribution is 2.35. The van der Waals surface area contributed by atoms with Gasteiger partial charge in [0.1, 0.15) is 11.5 Å². The van der Waals surface area contributed by atoms with E-state index in [2.05, 4.69) is 20.4 Å². The second kappa shape index (κ2) is 5.69. The Morgan fingerprint density at radius 1 is 1.39 bits per heavy atom. The number of H-pyrrole nitrogens is 1. The zero-order valence-corrected chi connectivity index (χ0v) is 12.4. The molecule has 3 heterocycles. The van der Waals surface area contributed by atoms with Gasteiger partial charge in [0.2, 0.25) is 5.95 Å². The van der Waals surface area contributed by atoms with E-state index >= 15 is 0 Å². The number of hydrogen-bond acceptors (Lipinski definition) is 6. The third kappa shape index (κ3) is 3.07. The molecule has 0 bridgehead atoms. The molecular formula is C13H16F3N7. The van der Waals surface area contributed by atoms with Crippen LogP contribution in [0.2, 0.25) is 0 Å². The molecule has 1 atom stereocenters. The first-order valence-corrected chi connectivity index (χ1v) is 7.06. The fraction of sp³-hybridized carbons (Fsp3) is 0.462. The summed E-state index contributed by atoms with van der Waals surface area (Å²) in [6.07, 6.45) is -2.53. The van der Waals surface area contributed by atoms with Gasteiger partial charge in [-0.2, -0.15) is 23.3 Å². The summed E-state index contributed by atoms with van der Waals surface area (Å²) in [6.45, 7) is 1.46. The Hall–Kier alpha value is -2.36. The van der Waals surface area contributed by atoms with E-state index in [9.17, 15) is 13.2 Å². The van der Waals surface area contributed by atoms with Crippen molar-refractivity contribution in [3.05, 3.63) is 18.0 Å². The summed E-state index contributed by atoms with van der Waals surface area (Å²) in [7, 11) is 1.87. The largest absolute Gasteiger partial charge is 0.433 e. The summed E-state index contributed by atoms with van der Waals surface area (Å²) < 4.78 is 39.0. The van der Waals surface area contributed by atoms with E-state index < -0.39 is 11.9 Å². The molecule has 3 rings (SSSR count). The molecule has 4 N–H and O–H groups in total. The molecule has 7 nitrogen and oxygen atoms in total. The zero-order chi connectivity index (χ0) is 16.6. The number of hydrogen-bond donors (Lipinski definition) is 3. The highest BCUT2D eigenvalue weighted by Gasteiger charge is 2.36. The Labute approximate surface area is 130 Å². The Bertz CT molecular complexity index is 697. The minimum Gasteiger partial charge on any atom is -0.368 e. The number of likely N-dealkylation sites (N-methyl/N-ethyl adjacent to an activating group) is 1. The lowest BCUT2D eigenvalue weighted by molar-refractivity contribution is -0.140. The number of nitrogens with zero attached hydrogens (tertiary/aromatic N) is 4. The van der Waals surface area contributed by atoms with Crippen molar-refractivity contribution in [1.82, 2.24) is 25.5 Å². The van der Waals surface area contributed by atoms with Gasteiger partial charge in [0.25, 0.3) is 0 Å². The van der Waals surface area contributed by atoms with Crippen LogP contribution in [-0.4, -0.2) is 46.3 Å². The molecule has 0 aromatic carbocycles. The van der Waals surface area contributed by atoms with Crippen LogP contribution in [0.15, 0.2) is 12.3 Å². The van der Waals surface area contributed by atoms with Crippen LogP contribution in [0.3, 0.4) is 0 Å². The summed E-state index contributed by atoms with van der Waals surface area (Å²) >= 11 is 0. The number of aromatic nitrogens is 4. The van der Waals surface area contributed by atoms with Crippen LogP contribution in [0.5, 0.6) is 0 Å². The third-order valence-corrected chi connectivity index (χ3v) is 3.85. The van der Waals surface area contributed by atoms with Crippen LogP contribution in [0.25, 0.3) is 11.3 Å². The maximum atomic E-state index is 13.0. The molecule has 1 fully saturated rings. The van der Waals surface area contributed by atoms with Crippen molar-refractivity contribution in [1.29, 1.82) is 0 Å². The maximum Gasteiger partial charge on any atom is 0.433 e. The van der Waals surface area contributed by atoms with E-state index in [1.54, 1.807) is 0 Å². The lowest BCUT2D eigenvalue weighted by Crippen LogP contribution is -2.30. The summed E-state index contributed by atoms with van der Waals surface area (Å²) in [5, 5.41) is 8.62. The summed E-state index contributed by atoms with van der Waals surface area (Å²) in [5.41, 5.74) is 4.69. The molecule has 1 aliphatic rings. The second-order valence-electron chi connectivity index (χ2n) is 5.35. The first-order chi connectivity index (χ1) is 10.9. The molecule has 23 heavy (non-hydrogen) atoms. The molecular weight excluding hydrogens is 311 g/mol. The topological polar surface area (TPSA) is 95.8 Å². The van der Waals surface area contributed by atoms with Crippen molar-refractivity contribution in [3.8, 4) is 11.3 Å². The first-order valence-electron chi connectivity index (χ1n) is 7.06. The predicted octanol–water partition coefficient (Wildman–Crippen LogP) is 1.27. The van der Waals surface area contributed by atoms with Gasteiger partial charge in [-0.25, -0.2) is 4.98 Å². The van der Waals surface area contributed by atoms with Gasteiger partial charge in [-0.1, -0.05) is 0 Å². The van der Waals surface area contributed by atoms with Crippen LogP contribution in [0.4, 0.5) is 24.9 Å². The Morgan fingerprint density at radius 3 is 2.83 bits per heavy atom. The summed E-state index contributed by atoms with van der Waals surface area (Å²) in [4.78, 5) is 10.0. The number of aromatic amines is 1. The Morgan fingerprint density at radius 2 is 2.17 bits per heavy atom. The van der Waals surface area contributed by atoms with Crippen LogP contribution < -0.4 is 16.0 Å². The molecule has 10 heteroatoms. The van der Waals surface area contributed by atoms with Gasteiger partial charge in [-0.3, -0.25) is 5.10 Å². The molecule has 0 spiro atoms. The van der Waals surface area contributed by atoms with Crippen molar-refractivity contribution in [3.63, 3.8) is 0 Å². The fourth-order valence-corrected chi connectivity index (χ4v) is 2.65. The van der Waals surface area contributed by atoms with Crippen LogP contribution in [0.1, 0.15) is 12.1 Å². The van der Waals surface area contributed by atoms with Crippen LogP contribution >= 0.6 is 0 Å². The highest BCUT2D eigenvalue weighted by atomic mass is 19.4. The molecule has 2 aromatic heterocycles. The minimum absolute atomic E-state index is 0.0697. The maximum absolute atomic E-state index is 13.0. The smallest absolute Gasteiger partial charge is 0.368 e. The summed E-state index contributed by atoms with van der Waals surface area (Å²) in [6, 6.07) is 1.82. The Balaban J connectivity index is 1.98. The second-order valence-corrected chi connectivity index (χ2v) is 5.35. The van der Waals surface area contributed by atoms with Gasteiger partial charge in [0.15, 0.2) is 0 Å². The van der Waals surface area contributed by atoms with E-state index in [0.717, 1.165) is 19.2 Å². The van der Waals surface area contributed by atoms with Crippen molar-refractivity contribution >= 4 is 11.8 Å². The molecule has 0 radical (unpaired) electrons. The van der Waals surface area contributed by atoms with Crippen LogP contribution in [0, 0.1) is 0 Å². The number of rotatable bonds is 3.